The third-order valence-electron chi connectivity index (χ3n) is 0. The van der Waals surface area contributed by atoms with Crippen molar-refractivity contribution in [3.05, 3.63) is 0 Å². The Labute approximate surface area is 40.1 Å². The van der Waals surface area contributed by atoms with Crippen LogP contribution < -0.4 is 18.8 Å². The normalized spacial score (nSPS) is 0. The van der Waals surface area contributed by atoms with Crippen molar-refractivity contribution in [2.75, 3.05) is 0 Å². The van der Waals surface area contributed by atoms with Crippen LogP contribution in [0.25, 0.3) is 0 Å². The molecule has 0 unspecified atom stereocenters. The van der Waals surface area contributed by atoms with E-state index in [0.717, 1.165) is 0 Å². The second-order valence-corrected chi connectivity index (χ2v) is 0. The van der Waals surface area contributed by atoms with Crippen LogP contribution in [0.4, 0.5) is 0 Å². The van der Waals surface area contributed by atoms with Crippen molar-refractivity contribution in [2.45, 2.75) is 0 Å². The van der Waals surface area contributed by atoms with E-state index in [1.807, 2.05) is 0 Å². The molecule has 5 heavy (non-hydrogen) atoms. The van der Waals surface area contributed by atoms with Gasteiger partial charge in [0.25, 0.3) is 0 Å². The first-order valence-corrected chi connectivity index (χ1v) is 0. The second-order valence-electron chi connectivity index (χ2n) is 0. The fourth-order valence-corrected chi connectivity index (χ4v) is 0. The van der Waals surface area contributed by atoms with Crippen molar-refractivity contribution in [1.29, 1.82) is 0 Å². The average Bonchev–Trinajstić information content (AvgIpc) is 0. The summed E-state index contributed by atoms with van der Waals surface area (Å²) in [4.78, 5) is 0. The molecule has 5 heteroatoms. The first-order chi connectivity index (χ1) is 0. The van der Waals surface area contributed by atoms with Gasteiger partial charge in [0.15, 0.2) is 0 Å². The van der Waals surface area contributed by atoms with E-state index in [0.29, 0.717) is 0 Å². The molecule has 0 aromatic carbocycles. The summed E-state index contributed by atoms with van der Waals surface area (Å²) in [6.45, 7) is 0. The van der Waals surface area contributed by atoms with E-state index in [2.05, 4.69) is 0 Å². The topological polar surface area (TPSA) is 0 Å². The van der Waals surface area contributed by atoms with Gasteiger partial charge in [-0.1, -0.05) is 0 Å². The molecule has 0 atom stereocenters. The molecule has 0 heterocycles. The molecule has 39 valence electrons. The predicted molar refractivity (Wildman–Crippen MR) is 0 cm³/mol. The van der Waals surface area contributed by atoms with Gasteiger partial charge in [0, 0.05) is 20.4 Å². The first kappa shape index (κ1) is 707. The number of hydrogen-bond acceptors (Lipinski definition) is 0. The number of rotatable bonds is 0. The maximum absolute atomic E-state index is 0. The Morgan fingerprint density at radius 3 is 0.400 bits per heavy atom. The van der Waals surface area contributed by atoms with Crippen molar-refractivity contribution in [3.63, 3.8) is 0 Å². The van der Waals surface area contributed by atoms with E-state index in [4.69, 9.17) is 0 Å². The summed E-state index contributed by atoms with van der Waals surface area (Å²) in [6, 6.07) is 0. The quantitative estimate of drug-likeness (QED) is 0.380. The van der Waals surface area contributed by atoms with Crippen LogP contribution >= 0.6 is 0 Å². The predicted octanol–water partition coefficient (Wildman–Crippen LogP) is -12.0. The van der Waals surface area contributed by atoms with Gasteiger partial charge in [-0.2, -0.15) is 0 Å². The second kappa shape index (κ2) is 343. The fourth-order valence-electron chi connectivity index (χ4n) is 0. The van der Waals surface area contributed by atoms with Crippen LogP contribution in [0.15, 0.2) is 0 Å². The number of halogens is 4. The minimum absolute atomic E-state index is 0. The Morgan fingerprint density at radius 1 is 0.400 bits per heavy atom. The van der Waals surface area contributed by atoms with E-state index in [-0.39, 0.29) is 39.2 Å². The van der Waals surface area contributed by atoms with Gasteiger partial charge in [-0.25, -0.2) is 0 Å². The van der Waals surface area contributed by atoms with Crippen LogP contribution in [0.2, 0.25) is 0 Å². The molecular weight excluding hydrogens is 262 g/mol. The van der Waals surface area contributed by atoms with Gasteiger partial charge < -0.3 is 18.8 Å². The molecular formula is F4Re-4. The molecule has 0 aliphatic rings. The molecule has 1 radical (unpaired) electrons. The summed E-state index contributed by atoms with van der Waals surface area (Å²) in [7, 11) is 0. The summed E-state index contributed by atoms with van der Waals surface area (Å²) in [5.41, 5.74) is 0. The third-order valence-corrected chi connectivity index (χ3v) is 0. The molecule has 0 rings (SSSR count). The van der Waals surface area contributed by atoms with Crippen LogP contribution in [-0.4, -0.2) is 0 Å². The Balaban J connectivity index is 0. The molecule has 0 aliphatic heterocycles. The van der Waals surface area contributed by atoms with Crippen LogP contribution in [-0.2, 0) is 20.4 Å². The van der Waals surface area contributed by atoms with E-state index in [1.54, 1.807) is 0 Å². The van der Waals surface area contributed by atoms with Gasteiger partial charge in [-0.05, 0) is 0 Å². The van der Waals surface area contributed by atoms with E-state index >= 15 is 0 Å². The van der Waals surface area contributed by atoms with Crippen LogP contribution in [0.3, 0.4) is 0 Å². The molecule has 0 saturated heterocycles. The number of hydrogen-bond donors (Lipinski definition) is 0. The molecule has 0 aromatic heterocycles. The zero-order valence-corrected chi connectivity index (χ0v) is 4.61. The van der Waals surface area contributed by atoms with Crippen LogP contribution in [0.5, 0.6) is 0 Å². The molecule has 0 nitrogen and oxygen atoms in total. The first-order valence-electron chi connectivity index (χ1n) is 0. The summed E-state index contributed by atoms with van der Waals surface area (Å²) in [6.07, 6.45) is 0. The van der Waals surface area contributed by atoms with Crippen LogP contribution in [0, 0.1) is 0 Å². The molecule has 0 aromatic rings. The maximum atomic E-state index is 0. The molecule has 0 spiro atoms. The van der Waals surface area contributed by atoms with Crippen molar-refractivity contribution in [2.24, 2.45) is 0 Å². The standard InChI is InChI=1S/4FH.Re/h4*1H;/p-4. The molecule has 0 saturated carbocycles. The molecule has 0 amide bonds. The minimum atomic E-state index is 0. The fraction of sp³-hybridized carbons (Fsp3) is 0. The summed E-state index contributed by atoms with van der Waals surface area (Å²) < 4.78 is 0. The van der Waals surface area contributed by atoms with Crippen molar-refractivity contribution < 1.29 is 39.2 Å². The van der Waals surface area contributed by atoms with E-state index in [9.17, 15) is 0 Å². The van der Waals surface area contributed by atoms with Crippen molar-refractivity contribution in [3.8, 4) is 0 Å². The summed E-state index contributed by atoms with van der Waals surface area (Å²) >= 11 is 0. The molecule has 0 N–H and O–H groups in total. The smallest absolute Gasteiger partial charge is 0 e. The van der Waals surface area contributed by atoms with Crippen molar-refractivity contribution in [1.82, 2.24) is 0 Å². The Hall–Kier alpha value is 0.382. The van der Waals surface area contributed by atoms with Gasteiger partial charge >= 0.3 is 0 Å². The maximum Gasteiger partial charge on any atom is 0 e. The molecule has 0 aliphatic carbocycles. The zero-order chi connectivity index (χ0) is 0. The third kappa shape index (κ3) is 170. The summed E-state index contributed by atoms with van der Waals surface area (Å²) in [5.74, 6) is 0. The largest absolute Gasteiger partial charge is 1.00 e. The van der Waals surface area contributed by atoms with Gasteiger partial charge in [0.05, 0.1) is 0 Å². The Kier molecular flexibility index (Phi) is 48500. The van der Waals surface area contributed by atoms with Crippen LogP contribution in [0.1, 0.15) is 0 Å². The average molecular weight is 262 g/mol. The minimum Gasteiger partial charge on any atom is -1.00 e. The molecule has 0 bridgehead atoms. The van der Waals surface area contributed by atoms with Crippen molar-refractivity contribution >= 4 is 0 Å². The van der Waals surface area contributed by atoms with Gasteiger partial charge in [0.2, 0.25) is 0 Å². The van der Waals surface area contributed by atoms with E-state index < -0.39 is 0 Å². The van der Waals surface area contributed by atoms with Gasteiger partial charge in [-0.15, -0.1) is 0 Å². The SMILES string of the molecule is [F-].[F-].[F-].[F-].[Re]. The van der Waals surface area contributed by atoms with Gasteiger partial charge in [-0.3, -0.25) is 0 Å². The Bertz CT molecular complexity index is 3.61. The zero-order valence-electron chi connectivity index (χ0n) is 1.89. The van der Waals surface area contributed by atoms with Gasteiger partial charge in [0.1, 0.15) is 0 Å². The van der Waals surface area contributed by atoms with E-state index in [1.165, 1.54) is 0 Å². The summed E-state index contributed by atoms with van der Waals surface area (Å²) in [5, 5.41) is 0. The molecule has 0 fully saturated rings. The Morgan fingerprint density at radius 2 is 0.400 bits per heavy atom. The monoisotopic (exact) mass is 263 g/mol.